The van der Waals surface area contributed by atoms with Crippen LogP contribution < -0.4 is 10.6 Å². The predicted octanol–water partition coefficient (Wildman–Crippen LogP) is 3.03. The van der Waals surface area contributed by atoms with Crippen LogP contribution in [0.5, 0.6) is 0 Å². The van der Waals surface area contributed by atoms with Gasteiger partial charge in [0, 0.05) is 36.9 Å². The number of anilines is 2. The maximum Gasteiger partial charge on any atom is 0.409 e. The Kier molecular flexibility index (Phi) is 6.63. The van der Waals surface area contributed by atoms with Gasteiger partial charge in [-0.3, -0.25) is 0 Å². The highest BCUT2D eigenvalue weighted by molar-refractivity contribution is 5.67. The lowest BCUT2D eigenvalue weighted by Gasteiger charge is -2.31. The summed E-state index contributed by atoms with van der Waals surface area (Å²) in [5.74, 6) is 1.50. The average Bonchev–Trinajstić information content (AvgIpc) is 2.55. The van der Waals surface area contributed by atoms with E-state index in [4.69, 9.17) is 4.74 Å². The van der Waals surface area contributed by atoms with Crippen molar-refractivity contribution in [1.82, 2.24) is 14.9 Å². The molecule has 2 heterocycles. The molecule has 24 heavy (non-hydrogen) atoms. The molecule has 1 aromatic heterocycles. The van der Waals surface area contributed by atoms with E-state index in [1.165, 1.54) is 0 Å². The highest BCUT2D eigenvalue weighted by Crippen LogP contribution is 2.17. The van der Waals surface area contributed by atoms with Gasteiger partial charge in [-0.1, -0.05) is 6.92 Å². The number of rotatable bonds is 6. The van der Waals surface area contributed by atoms with E-state index >= 15 is 0 Å². The number of hydrogen-bond donors (Lipinski definition) is 2. The van der Waals surface area contributed by atoms with Crippen LogP contribution in [0.15, 0.2) is 6.07 Å². The molecule has 0 radical (unpaired) electrons. The van der Waals surface area contributed by atoms with Gasteiger partial charge in [0.25, 0.3) is 0 Å². The Labute approximate surface area is 144 Å². The molecule has 7 nitrogen and oxygen atoms in total. The zero-order chi connectivity index (χ0) is 17.5. The number of piperidine rings is 1. The standard InChI is InChI=1S/C17H29N5O2/c1-5-12(3)18-15-11-13(4)19-16(21-15)20-14-7-9-22(10-8-14)17(23)24-6-2/h11-12,14H,5-10H2,1-4H3,(H2,18,19,20,21). The number of hydrogen-bond acceptors (Lipinski definition) is 6. The van der Waals surface area contributed by atoms with Gasteiger partial charge in [0.15, 0.2) is 0 Å². The fourth-order valence-electron chi connectivity index (χ4n) is 2.67. The molecule has 1 fully saturated rings. The van der Waals surface area contributed by atoms with Gasteiger partial charge >= 0.3 is 6.09 Å². The Bertz CT molecular complexity index is 544. The second-order valence-corrected chi connectivity index (χ2v) is 6.28. The lowest BCUT2D eigenvalue weighted by atomic mass is 10.1. The molecular formula is C17H29N5O2. The van der Waals surface area contributed by atoms with E-state index in [2.05, 4.69) is 34.4 Å². The first-order chi connectivity index (χ1) is 11.5. The molecule has 2 rings (SSSR count). The monoisotopic (exact) mass is 335 g/mol. The first kappa shape index (κ1) is 18.3. The highest BCUT2D eigenvalue weighted by Gasteiger charge is 2.24. The zero-order valence-corrected chi connectivity index (χ0v) is 15.1. The first-order valence-corrected chi connectivity index (χ1v) is 8.82. The van der Waals surface area contributed by atoms with Gasteiger partial charge in [0.05, 0.1) is 6.61 Å². The molecule has 7 heteroatoms. The number of carbonyl (C=O) groups is 1. The average molecular weight is 335 g/mol. The van der Waals surface area contributed by atoms with E-state index in [0.717, 1.165) is 30.8 Å². The van der Waals surface area contributed by atoms with E-state index < -0.39 is 0 Å². The summed E-state index contributed by atoms with van der Waals surface area (Å²) in [6.07, 6.45) is 2.55. The third-order valence-corrected chi connectivity index (χ3v) is 4.22. The highest BCUT2D eigenvalue weighted by atomic mass is 16.6. The normalized spacial score (nSPS) is 16.6. The number of nitrogens with zero attached hydrogens (tertiary/aromatic N) is 3. The Morgan fingerprint density at radius 2 is 2.08 bits per heavy atom. The summed E-state index contributed by atoms with van der Waals surface area (Å²) in [6.45, 7) is 9.88. The molecule has 1 saturated heterocycles. The van der Waals surface area contributed by atoms with Crippen molar-refractivity contribution in [2.45, 2.75) is 59.0 Å². The van der Waals surface area contributed by atoms with Crippen molar-refractivity contribution in [3.8, 4) is 0 Å². The summed E-state index contributed by atoms with van der Waals surface area (Å²) in [4.78, 5) is 22.5. The van der Waals surface area contributed by atoms with Crippen molar-refractivity contribution in [3.63, 3.8) is 0 Å². The minimum atomic E-state index is -0.220. The smallest absolute Gasteiger partial charge is 0.409 e. The van der Waals surface area contributed by atoms with Gasteiger partial charge in [0.2, 0.25) is 5.95 Å². The Hall–Kier alpha value is -2.05. The molecule has 2 N–H and O–H groups in total. The van der Waals surface area contributed by atoms with Crippen LogP contribution in [0, 0.1) is 6.92 Å². The molecule has 134 valence electrons. The lowest BCUT2D eigenvalue weighted by molar-refractivity contribution is 0.0983. The van der Waals surface area contributed by atoms with Gasteiger partial charge in [0.1, 0.15) is 5.82 Å². The number of amides is 1. The molecule has 1 aliphatic rings. The number of likely N-dealkylation sites (tertiary alicyclic amines) is 1. The van der Waals surface area contributed by atoms with Crippen molar-refractivity contribution in [2.75, 3.05) is 30.3 Å². The van der Waals surface area contributed by atoms with Crippen LogP contribution in [0.2, 0.25) is 0 Å². The van der Waals surface area contributed by atoms with Crippen LogP contribution in [-0.2, 0) is 4.74 Å². The molecule has 1 amide bonds. The number of aromatic nitrogens is 2. The number of ether oxygens (including phenoxy) is 1. The van der Waals surface area contributed by atoms with Crippen molar-refractivity contribution in [1.29, 1.82) is 0 Å². The number of nitrogens with one attached hydrogen (secondary N) is 2. The summed E-state index contributed by atoms with van der Waals surface area (Å²) in [6, 6.07) is 2.61. The van der Waals surface area contributed by atoms with Crippen molar-refractivity contribution >= 4 is 17.9 Å². The van der Waals surface area contributed by atoms with Crippen molar-refractivity contribution < 1.29 is 9.53 Å². The molecule has 1 aliphatic heterocycles. The van der Waals surface area contributed by atoms with Crippen LogP contribution in [0.4, 0.5) is 16.6 Å². The SMILES string of the molecule is CCOC(=O)N1CCC(Nc2nc(C)cc(NC(C)CC)n2)CC1. The quantitative estimate of drug-likeness (QED) is 0.832. The van der Waals surface area contributed by atoms with E-state index in [1.807, 2.05) is 19.9 Å². The second-order valence-electron chi connectivity index (χ2n) is 6.28. The van der Waals surface area contributed by atoms with Crippen molar-refractivity contribution in [3.05, 3.63) is 11.8 Å². The minimum absolute atomic E-state index is 0.220. The molecule has 1 unspecified atom stereocenters. The van der Waals surface area contributed by atoms with E-state index in [0.29, 0.717) is 31.7 Å². The molecule has 0 aliphatic carbocycles. The largest absolute Gasteiger partial charge is 0.450 e. The van der Waals surface area contributed by atoms with E-state index in [9.17, 15) is 4.79 Å². The predicted molar refractivity (Wildman–Crippen MR) is 95.4 cm³/mol. The summed E-state index contributed by atoms with van der Waals surface area (Å²) >= 11 is 0. The summed E-state index contributed by atoms with van der Waals surface area (Å²) < 4.78 is 5.05. The maximum absolute atomic E-state index is 11.7. The fraction of sp³-hybridized carbons (Fsp3) is 0.706. The molecule has 0 bridgehead atoms. The third-order valence-electron chi connectivity index (χ3n) is 4.22. The molecule has 0 aromatic carbocycles. The Morgan fingerprint density at radius 3 is 2.71 bits per heavy atom. The van der Waals surface area contributed by atoms with Crippen LogP contribution >= 0.6 is 0 Å². The van der Waals surface area contributed by atoms with Crippen LogP contribution in [0.25, 0.3) is 0 Å². The van der Waals surface area contributed by atoms with Gasteiger partial charge in [-0.2, -0.15) is 4.98 Å². The second kappa shape index (κ2) is 8.70. The molecule has 1 aromatic rings. The van der Waals surface area contributed by atoms with Gasteiger partial charge in [-0.15, -0.1) is 0 Å². The third kappa shape index (κ3) is 5.25. The van der Waals surface area contributed by atoms with Crippen LogP contribution in [0.1, 0.15) is 45.7 Å². The van der Waals surface area contributed by atoms with E-state index in [1.54, 1.807) is 4.90 Å². The number of aryl methyl sites for hydroxylation is 1. The minimum Gasteiger partial charge on any atom is -0.450 e. The van der Waals surface area contributed by atoms with Crippen LogP contribution in [-0.4, -0.2) is 52.7 Å². The zero-order valence-electron chi connectivity index (χ0n) is 15.1. The summed E-state index contributed by atoms with van der Waals surface area (Å²) in [7, 11) is 0. The van der Waals surface area contributed by atoms with Gasteiger partial charge < -0.3 is 20.3 Å². The summed E-state index contributed by atoms with van der Waals surface area (Å²) in [5, 5.41) is 6.79. The Balaban J connectivity index is 1.91. The first-order valence-electron chi connectivity index (χ1n) is 8.82. The van der Waals surface area contributed by atoms with Crippen molar-refractivity contribution in [2.24, 2.45) is 0 Å². The molecular weight excluding hydrogens is 306 g/mol. The van der Waals surface area contributed by atoms with Gasteiger partial charge in [-0.05, 0) is 40.0 Å². The lowest BCUT2D eigenvalue weighted by Crippen LogP contribution is -2.42. The molecule has 0 saturated carbocycles. The van der Waals surface area contributed by atoms with Gasteiger partial charge in [-0.25, -0.2) is 9.78 Å². The maximum atomic E-state index is 11.7. The summed E-state index contributed by atoms with van der Waals surface area (Å²) in [5.41, 5.74) is 0.933. The fourth-order valence-corrected chi connectivity index (χ4v) is 2.67. The topological polar surface area (TPSA) is 79.4 Å². The van der Waals surface area contributed by atoms with Crippen LogP contribution in [0.3, 0.4) is 0 Å². The molecule has 0 spiro atoms. The number of carbonyl (C=O) groups excluding carboxylic acids is 1. The van der Waals surface area contributed by atoms with E-state index in [-0.39, 0.29) is 12.1 Å². The molecule has 1 atom stereocenters. The Morgan fingerprint density at radius 1 is 1.38 bits per heavy atom.